The van der Waals surface area contributed by atoms with Gasteiger partial charge in [-0.2, -0.15) is 5.10 Å². The molecule has 21 heavy (non-hydrogen) atoms. The molecule has 2 aromatic rings. The first-order valence-electron chi connectivity index (χ1n) is 8.11. The molecule has 1 fully saturated rings. The molecule has 1 saturated heterocycles. The van der Waals surface area contributed by atoms with Crippen molar-refractivity contribution in [2.45, 2.75) is 32.9 Å². The summed E-state index contributed by atoms with van der Waals surface area (Å²) < 4.78 is 2.10. The highest BCUT2D eigenvalue weighted by molar-refractivity contribution is 5.81. The predicted octanol–water partition coefficient (Wildman–Crippen LogP) is 2.49. The van der Waals surface area contributed by atoms with Crippen molar-refractivity contribution in [1.82, 2.24) is 20.0 Å². The van der Waals surface area contributed by atoms with Crippen LogP contribution in [-0.4, -0.2) is 41.4 Å². The summed E-state index contributed by atoms with van der Waals surface area (Å²) in [6.07, 6.45) is 2.68. The van der Waals surface area contributed by atoms with Crippen LogP contribution in [0.4, 0.5) is 0 Å². The molecule has 1 aliphatic rings. The van der Waals surface area contributed by atoms with E-state index in [4.69, 9.17) is 5.10 Å². The Labute approximate surface area is 127 Å². The molecule has 3 rings (SSSR count). The Kier molecular flexibility index (Phi) is 4.56. The van der Waals surface area contributed by atoms with E-state index in [0.717, 1.165) is 25.6 Å². The number of fused-ring (bicyclic) bond motifs is 1. The van der Waals surface area contributed by atoms with Crippen LogP contribution in [0.5, 0.6) is 0 Å². The minimum Gasteiger partial charge on any atom is -0.311 e. The van der Waals surface area contributed by atoms with E-state index >= 15 is 0 Å². The van der Waals surface area contributed by atoms with Crippen LogP contribution in [0.1, 0.15) is 25.5 Å². The van der Waals surface area contributed by atoms with Gasteiger partial charge in [0.05, 0.1) is 11.2 Å². The average Bonchev–Trinajstić information content (AvgIpc) is 2.86. The minimum absolute atomic E-state index is 0.781. The normalized spacial score (nSPS) is 20.2. The van der Waals surface area contributed by atoms with Crippen molar-refractivity contribution in [3.63, 3.8) is 0 Å². The van der Waals surface area contributed by atoms with Gasteiger partial charge in [0.2, 0.25) is 0 Å². The summed E-state index contributed by atoms with van der Waals surface area (Å²) >= 11 is 0. The lowest BCUT2D eigenvalue weighted by molar-refractivity contribution is 0.206. The van der Waals surface area contributed by atoms with E-state index in [1.165, 1.54) is 42.5 Å². The van der Waals surface area contributed by atoms with Crippen LogP contribution in [-0.2, 0) is 13.1 Å². The SMILES string of the molecule is CCn1nc(CNCC2CCCN(C)C2)c2ccccc21. The van der Waals surface area contributed by atoms with Gasteiger partial charge in [0, 0.05) is 25.0 Å². The average molecular weight is 286 g/mol. The van der Waals surface area contributed by atoms with Crippen molar-refractivity contribution in [3.05, 3.63) is 30.0 Å². The number of nitrogens with zero attached hydrogens (tertiary/aromatic N) is 3. The van der Waals surface area contributed by atoms with Gasteiger partial charge in [-0.1, -0.05) is 18.2 Å². The number of aryl methyl sites for hydroxylation is 1. The molecule has 4 nitrogen and oxygen atoms in total. The van der Waals surface area contributed by atoms with Crippen LogP contribution in [0, 0.1) is 5.92 Å². The zero-order valence-corrected chi connectivity index (χ0v) is 13.2. The standard InChI is InChI=1S/C17H26N4/c1-3-21-17-9-5-4-8-15(17)16(19-21)12-18-11-14-7-6-10-20(2)13-14/h4-5,8-9,14,18H,3,6-7,10-13H2,1-2H3. The number of rotatable bonds is 5. The molecule has 1 atom stereocenters. The van der Waals surface area contributed by atoms with Gasteiger partial charge >= 0.3 is 0 Å². The molecule has 0 saturated carbocycles. The quantitative estimate of drug-likeness (QED) is 0.916. The second kappa shape index (κ2) is 6.58. The van der Waals surface area contributed by atoms with Gasteiger partial charge in [0.15, 0.2) is 0 Å². The van der Waals surface area contributed by atoms with Gasteiger partial charge in [0.1, 0.15) is 0 Å². The third kappa shape index (κ3) is 3.27. The van der Waals surface area contributed by atoms with E-state index in [9.17, 15) is 0 Å². The van der Waals surface area contributed by atoms with E-state index in [0.29, 0.717) is 0 Å². The highest BCUT2D eigenvalue weighted by atomic mass is 15.3. The van der Waals surface area contributed by atoms with Crippen molar-refractivity contribution in [2.24, 2.45) is 5.92 Å². The lowest BCUT2D eigenvalue weighted by atomic mass is 9.98. The third-order valence-corrected chi connectivity index (χ3v) is 4.48. The Morgan fingerprint density at radius 1 is 1.33 bits per heavy atom. The van der Waals surface area contributed by atoms with Crippen molar-refractivity contribution in [1.29, 1.82) is 0 Å². The van der Waals surface area contributed by atoms with Crippen molar-refractivity contribution < 1.29 is 0 Å². The second-order valence-corrected chi connectivity index (χ2v) is 6.18. The lowest BCUT2D eigenvalue weighted by Gasteiger charge is -2.29. The molecule has 0 bridgehead atoms. The van der Waals surface area contributed by atoms with Gasteiger partial charge in [-0.15, -0.1) is 0 Å². The van der Waals surface area contributed by atoms with Gasteiger partial charge in [-0.25, -0.2) is 0 Å². The Hall–Kier alpha value is -1.39. The van der Waals surface area contributed by atoms with Gasteiger partial charge in [-0.05, 0) is 51.9 Å². The fraction of sp³-hybridized carbons (Fsp3) is 0.588. The zero-order valence-electron chi connectivity index (χ0n) is 13.2. The van der Waals surface area contributed by atoms with Crippen LogP contribution in [0.15, 0.2) is 24.3 Å². The van der Waals surface area contributed by atoms with E-state index < -0.39 is 0 Å². The predicted molar refractivity (Wildman–Crippen MR) is 87.3 cm³/mol. The Bertz CT molecular complexity index is 589. The summed E-state index contributed by atoms with van der Waals surface area (Å²) in [7, 11) is 2.22. The van der Waals surface area contributed by atoms with E-state index in [1.54, 1.807) is 0 Å². The molecule has 1 aromatic carbocycles. The largest absolute Gasteiger partial charge is 0.311 e. The first-order valence-corrected chi connectivity index (χ1v) is 8.11. The molecule has 1 aromatic heterocycles. The molecule has 114 valence electrons. The number of benzene rings is 1. The molecular weight excluding hydrogens is 260 g/mol. The third-order valence-electron chi connectivity index (χ3n) is 4.48. The summed E-state index contributed by atoms with van der Waals surface area (Å²) in [5, 5.41) is 9.65. The van der Waals surface area contributed by atoms with Gasteiger partial charge in [-0.3, -0.25) is 4.68 Å². The first-order chi connectivity index (χ1) is 10.3. The summed E-state index contributed by atoms with van der Waals surface area (Å²) in [6.45, 7) is 7.51. The smallest absolute Gasteiger partial charge is 0.0841 e. The van der Waals surface area contributed by atoms with E-state index in [-0.39, 0.29) is 0 Å². The van der Waals surface area contributed by atoms with Crippen LogP contribution < -0.4 is 5.32 Å². The summed E-state index contributed by atoms with van der Waals surface area (Å²) in [5.41, 5.74) is 2.42. The van der Waals surface area contributed by atoms with Crippen LogP contribution in [0.25, 0.3) is 10.9 Å². The van der Waals surface area contributed by atoms with Crippen LogP contribution in [0.2, 0.25) is 0 Å². The minimum atomic E-state index is 0.781. The van der Waals surface area contributed by atoms with Crippen LogP contribution in [0.3, 0.4) is 0 Å². The maximum atomic E-state index is 4.75. The van der Waals surface area contributed by atoms with Gasteiger partial charge < -0.3 is 10.2 Å². The highest BCUT2D eigenvalue weighted by Gasteiger charge is 2.17. The van der Waals surface area contributed by atoms with Crippen molar-refractivity contribution in [2.75, 3.05) is 26.7 Å². The zero-order chi connectivity index (χ0) is 14.7. The number of aromatic nitrogens is 2. The molecular formula is C17H26N4. The maximum Gasteiger partial charge on any atom is 0.0841 e. The summed E-state index contributed by atoms with van der Waals surface area (Å²) in [6, 6.07) is 8.53. The fourth-order valence-electron chi connectivity index (χ4n) is 3.40. The monoisotopic (exact) mass is 286 g/mol. The molecule has 1 N–H and O–H groups in total. The van der Waals surface area contributed by atoms with Crippen molar-refractivity contribution >= 4 is 10.9 Å². The Balaban J connectivity index is 1.63. The fourth-order valence-corrected chi connectivity index (χ4v) is 3.40. The topological polar surface area (TPSA) is 33.1 Å². The molecule has 1 aliphatic heterocycles. The summed E-state index contributed by atoms with van der Waals surface area (Å²) in [5.74, 6) is 0.781. The van der Waals surface area contributed by atoms with Crippen molar-refractivity contribution in [3.8, 4) is 0 Å². The van der Waals surface area contributed by atoms with Gasteiger partial charge in [0.25, 0.3) is 0 Å². The second-order valence-electron chi connectivity index (χ2n) is 6.18. The molecule has 1 unspecified atom stereocenters. The molecule has 0 aliphatic carbocycles. The van der Waals surface area contributed by atoms with E-state index in [1.807, 2.05) is 0 Å². The molecule has 2 heterocycles. The maximum absolute atomic E-state index is 4.75. The lowest BCUT2D eigenvalue weighted by Crippen LogP contribution is -2.37. The van der Waals surface area contributed by atoms with E-state index in [2.05, 4.69) is 53.1 Å². The summed E-state index contributed by atoms with van der Waals surface area (Å²) in [4.78, 5) is 2.44. The number of para-hydroxylation sites is 1. The number of hydrogen-bond acceptors (Lipinski definition) is 3. The molecule has 0 spiro atoms. The highest BCUT2D eigenvalue weighted by Crippen LogP contribution is 2.19. The Morgan fingerprint density at radius 3 is 3.00 bits per heavy atom. The van der Waals surface area contributed by atoms with Crippen LogP contribution >= 0.6 is 0 Å². The molecule has 4 heteroatoms. The number of nitrogens with one attached hydrogen (secondary N) is 1. The first kappa shape index (κ1) is 14.5. The number of likely N-dealkylation sites (tertiary alicyclic amines) is 1. The Morgan fingerprint density at radius 2 is 2.19 bits per heavy atom. The molecule has 0 amide bonds. The molecule has 0 radical (unpaired) electrons. The number of piperidine rings is 1. The number of hydrogen-bond donors (Lipinski definition) is 1.